The van der Waals surface area contributed by atoms with E-state index in [1.54, 1.807) is 13.8 Å². The van der Waals surface area contributed by atoms with Gasteiger partial charge in [-0.15, -0.1) is 0 Å². The molecule has 1 rings (SSSR count). The standard InChI is InChI=1S/C12H16FNO3/c1-7(2)11(16)6-12(17)14-10-4-3-8(15)5-9(10)13/h3-5,7,11,15-16H,6H2,1-2H3,(H,14,17)/t11-/m1/s1. The van der Waals surface area contributed by atoms with Crippen LogP contribution < -0.4 is 5.32 Å². The number of amides is 1. The molecule has 0 aliphatic carbocycles. The summed E-state index contributed by atoms with van der Waals surface area (Å²) in [6.45, 7) is 3.58. The molecule has 0 aliphatic rings. The molecule has 0 aromatic heterocycles. The summed E-state index contributed by atoms with van der Waals surface area (Å²) in [5.74, 6) is -1.42. The number of aliphatic hydroxyl groups excluding tert-OH is 1. The first-order valence-electron chi connectivity index (χ1n) is 5.36. The minimum Gasteiger partial charge on any atom is -0.508 e. The molecule has 0 radical (unpaired) electrons. The van der Waals surface area contributed by atoms with Gasteiger partial charge in [0.05, 0.1) is 18.2 Å². The molecule has 1 aromatic rings. The normalized spacial score (nSPS) is 12.5. The van der Waals surface area contributed by atoms with E-state index in [9.17, 15) is 14.3 Å². The number of carbonyl (C=O) groups is 1. The Balaban J connectivity index is 2.62. The van der Waals surface area contributed by atoms with Crippen LogP contribution >= 0.6 is 0 Å². The molecule has 4 nitrogen and oxygen atoms in total. The molecule has 0 heterocycles. The van der Waals surface area contributed by atoms with Crippen molar-refractivity contribution < 1.29 is 19.4 Å². The molecular formula is C12H16FNO3. The van der Waals surface area contributed by atoms with Crippen LogP contribution in [0.1, 0.15) is 20.3 Å². The summed E-state index contributed by atoms with van der Waals surface area (Å²) in [4.78, 5) is 11.5. The molecule has 0 spiro atoms. The van der Waals surface area contributed by atoms with Crippen LogP contribution in [0.3, 0.4) is 0 Å². The molecule has 0 fully saturated rings. The van der Waals surface area contributed by atoms with E-state index in [0.29, 0.717) is 0 Å². The van der Waals surface area contributed by atoms with Crippen LogP contribution in [-0.4, -0.2) is 22.2 Å². The van der Waals surface area contributed by atoms with Gasteiger partial charge in [0.2, 0.25) is 5.91 Å². The van der Waals surface area contributed by atoms with E-state index in [1.165, 1.54) is 12.1 Å². The van der Waals surface area contributed by atoms with E-state index >= 15 is 0 Å². The van der Waals surface area contributed by atoms with E-state index in [0.717, 1.165) is 6.07 Å². The Morgan fingerprint density at radius 3 is 2.65 bits per heavy atom. The van der Waals surface area contributed by atoms with Crippen molar-refractivity contribution in [2.75, 3.05) is 5.32 Å². The third kappa shape index (κ3) is 4.03. The summed E-state index contributed by atoms with van der Waals surface area (Å²) in [5, 5.41) is 20.8. The van der Waals surface area contributed by atoms with Crippen molar-refractivity contribution in [1.82, 2.24) is 0 Å². The Kier molecular flexibility index (Phi) is 4.45. The summed E-state index contributed by atoms with van der Waals surface area (Å²) in [7, 11) is 0. The predicted molar refractivity (Wildman–Crippen MR) is 62.2 cm³/mol. The zero-order chi connectivity index (χ0) is 13.0. The lowest BCUT2D eigenvalue weighted by molar-refractivity contribution is -0.118. The minimum absolute atomic E-state index is 0.0104. The molecule has 0 saturated heterocycles. The highest BCUT2D eigenvalue weighted by Crippen LogP contribution is 2.19. The lowest BCUT2D eigenvalue weighted by atomic mass is 10.0. The first-order chi connectivity index (χ1) is 7.90. The second kappa shape index (κ2) is 5.63. The Morgan fingerprint density at radius 2 is 2.12 bits per heavy atom. The van der Waals surface area contributed by atoms with Gasteiger partial charge in [0.15, 0.2) is 0 Å². The number of phenols is 1. The topological polar surface area (TPSA) is 69.6 Å². The molecule has 1 aromatic carbocycles. The molecule has 0 bridgehead atoms. The molecule has 0 aliphatic heterocycles. The maximum atomic E-state index is 13.3. The lowest BCUT2D eigenvalue weighted by Gasteiger charge is -2.14. The van der Waals surface area contributed by atoms with Crippen molar-refractivity contribution >= 4 is 11.6 Å². The lowest BCUT2D eigenvalue weighted by Crippen LogP contribution is -2.24. The van der Waals surface area contributed by atoms with Crippen molar-refractivity contribution in [1.29, 1.82) is 0 Å². The number of nitrogens with one attached hydrogen (secondary N) is 1. The number of halogens is 1. The van der Waals surface area contributed by atoms with Crippen molar-refractivity contribution in [3.63, 3.8) is 0 Å². The largest absolute Gasteiger partial charge is 0.508 e. The minimum atomic E-state index is -0.754. The maximum absolute atomic E-state index is 13.3. The number of aliphatic hydroxyl groups is 1. The number of aromatic hydroxyl groups is 1. The average molecular weight is 241 g/mol. The molecule has 17 heavy (non-hydrogen) atoms. The molecule has 1 amide bonds. The van der Waals surface area contributed by atoms with Crippen LogP contribution in [-0.2, 0) is 4.79 Å². The summed E-state index contributed by atoms with van der Waals surface area (Å²) in [6, 6.07) is 3.45. The van der Waals surface area contributed by atoms with Gasteiger partial charge in [-0.3, -0.25) is 4.79 Å². The van der Waals surface area contributed by atoms with Crippen molar-refractivity contribution in [2.45, 2.75) is 26.4 Å². The van der Waals surface area contributed by atoms with Gasteiger partial charge in [0.25, 0.3) is 0 Å². The number of carbonyl (C=O) groups excluding carboxylic acids is 1. The fraction of sp³-hybridized carbons (Fsp3) is 0.417. The number of anilines is 1. The number of phenolic OH excluding ortho intramolecular Hbond substituents is 1. The summed E-state index contributed by atoms with van der Waals surface area (Å²) in [6.07, 6.45) is -0.840. The molecule has 3 N–H and O–H groups in total. The highest BCUT2D eigenvalue weighted by Gasteiger charge is 2.15. The second-order valence-electron chi connectivity index (χ2n) is 4.23. The van der Waals surface area contributed by atoms with Gasteiger partial charge in [-0.1, -0.05) is 13.8 Å². The second-order valence-corrected chi connectivity index (χ2v) is 4.23. The summed E-state index contributed by atoms with van der Waals surface area (Å²) in [5.41, 5.74) is -0.0104. The molecule has 1 atom stereocenters. The van der Waals surface area contributed by atoms with Gasteiger partial charge in [-0.05, 0) is 18.1 Å². The molecule has 94 valence electrons. The highest BCUT2D eigenvalue weighted by molar-refractivity contribution is 5.91. The van der Waals surface area contributed by atoms with Crippen LogP contribution in [0.25, 0.3) is 0 Å². The van der Waals surface area contributed by atoms with Gasteiger partial charge in [0, 0.05) is 6.07 Å². The molecule has 0 saturated carbocycles. The Labute approximate surface area is 99.1 Å². The van der Waals surface area contributed by atoms with Gasteiger partial charge in [-0.2, -0.15) is 0 Å². The van der Waals surface area contributed by atoms with Gasteiger partial charge in [-0.25, -0.2) is 4.39 Å². The van der Waals surface area contributed by atoms with E-state index in [1.807, 2.05) is 0 Å². The van der Waals surface area contributed by atoms with Crippen molar-refractivity contribution in [3.05, 3.63) is 24.0 Å². The first-order valence-corrected chi connectivity index (χ1v) is 5.36. The fourth-order valence-electron chi connectivity index (χ4n) is 1.23. The third-order valence-corrected chi connectivity index (χ3v) is 2.39. The van der Waals surface area contributed by atoms with Crippen molar-refractivity contribution in [2.24, 2.45) is 5.92 Å². The Morgan fingerprint density at radius 1 is 1.47 bits per heavy atom. The zero-order valence-electron chi connectivity index (χ0n) is 9.77. The van der Waals surface area contributed by atoms with Crippen LogP contribution in [0.15, 0.2) is 18.2 Å². The van der Waals surface area contributed by atoms with Gasteiger partial charge < -0.3 is 15.5 Å². The first kappa shape index (κ1) is 13.4. The van der Waals surface area contributed by atoms with E-state index in [2.05, 4.69) is 5.32 Å². The van der Waals surface area contributed by atoms with Crippen LogP contribution in [0.5, 0.6) is 5.75 Å². The summed E-state index contributed by atoms with van der Waals surface area (Å²) < 4.78 is 13.3. The number of rotatable bonds is 4. The number of hydrogen-bond acceptors (Lipinski definition) is 3. The van der Waals surface area contributed by atoms with E-state index in [-0.39, 0.29) is 23.8 Å². The monoisotopic (exact) mass is 241 g/mol. The molecule has 0 unspecified atom stereocenters. The SMILES string of the molecule is CC(C)[C@H](O)CC(=O)Nc1ccc(O)cc1F. The van der Waals surface area contributed by atoms with E-state index in [4.69, 9.17) is 5.11 Å². The van der Waals surface area contributed by atoms with Gasteiger partial charge in [0.1, 0.15) is 11.6 Å². The van der Waals surface area contributed by atoms with Crippen molar-refractivity contribution in [3.8, 4) is 5.75 Å². The number of benzene rings is 1. The van der Waals surface area contributed by atoms with Gasteiger partial charge >= 0.3 is 0 Å². The molecular weight excluding hydrogens is 225 g/mol. The highest BCUT2D eigenvalue weighted by atomic mass is 19.1. The number of hydrogen-bond donors (Lipinski definition) is 3. The predicted octanol–water partition coefficient (Wildman–Crippen LogP) is 1.88. The average Bonchev–Trinajstić information content (AvgIpc) is 2.22. The Hall–Kier alpha value is -1.62. The maximum Gasteiger partial charge on any atom is 0.227 e. The smallest absolute Gasteiger partial charge is 0.227 e. The zero-order valence-corrected chi connectivity index (χ0v) is 9.77. The fourth-order valence-corrected chi connectivity index (χ4v) is 1.23. The van der Waals surface area contributed by atoms with Crippen LogP contribution in [0, 0.1) is 11.7 Å². The quantitative estimate of drug-likeness (QED) is 0.705. The third-order valence-electron chi connectivity index (χ3n) is 2.39. The van der Waals surface area contributed by atoms with Crippen LogP contribution in [0.4, 0.5) is 10.1 Å². The molecule has 5 heteroatoms. The summed E-state index contributed by atoms with van der Waals surface area (Å²) >= 11 is 0. The van der Waals surface area contributed by atoms with Crippen LogP contribution in [0.2, 0.25) is 0 Å². The van der Waals surface area contributed by atoms with E-state index < -0.39 is 17.8 Å². The Bertz CT molecular complexity index is 407.